The van der Waals surface area contributed by atoms with Crippen LogP contribution in [-0.2, 0) is 6.42 Å². The van der Waals surface area contributed by atoms with E-state index >= 15 is 0 Å². The van der Waals surface area contributed by atoms with Crippen LogP contribution in [0.3, 0.4) is 0 Å². The van der Waals surface area contributed by atoms with Crippen molar-refractivity contribution in [3.63, 3.8) is 0 Å². The molecule has 0 unspecified atom stereocenters. The first-order valence-corrected chi connectivity index (χ1v) is 8.26. The fourth-order valence-corrected chi connectivity index (χ4v) is 4.38. The number of aliphatic hydroxyl groups excluding tert-OH is 1. The Bertz CT molecular complexity index is 784. The molecule has 2 bridgehead atoms. The van der Waals surface area contributed by atoms with Crippen molar-refractivity contribution in [2.45, 2.75) is 31.6 Å². The number of H-pyrrole nitrogens is 1. The lowest BCUT2D eigenvalue weighted by atomic mass is 9.70. The van der Waals surface area contributed by atoms with E-state index in [2.05, 4.69) is 11.1 Å². The Morgan fingerprint density at radius 1 is 1.32 bits per heavy atom. The quantitative estimate of drug-likeness (QED) is 0.836. The zero-order chi connectivity index (χ0) is 15.3. The third-order valence-corrected chi connectivity index (χ3v) is 5.28. The summed E-state index contributed by atoms with van der Waals surface area (Å²) in [5.41, 5.74) is 12.4. The van der Waals surface area contributed by atoms with Crippen molar-refractivity contribution in [3.05, 3.63) is 46.1 Å². The SMILES string of the molecule is Nc1c2c([nH+]c3cc(Cl)ccc13)C[C@H]1C=C(CCO)C[C@@H]2C1. The van der Waals surface area contributed by atoms with Crippen LogP contribution in [0.5, 0.6) is 0 Å². The molecule has 1 aromatic heterocycles. The zero-order valence-corrected chi connectivity index (χ0v) is 13.2. The Labute approximate surface area is 134 Å². The van der Waals surface area contributed by atoms with Crippen LogP contribution < -0.4 is 10.7 Å². The molecule has 0 saturated carbocycles. The minimum atomic E-state index is 0.232. The number of rotatable bonds is 2. The molecule has 2 aliphatic carbocycles. The number of nitrogen functional groups attached to an aromatic ring is 1. The maximum Gasteiger partial charge on any atom is 0.214 e. The number of aromatic amines is 1. The van der Waals surface area contributed by atoms with Gasteiger partial charge in [0.25, 0.3) is 0 Å². The van der Waals surface area contributed by atoms with Crippen LogP contribution in [0.1, 0.15) is 36.4 Å². The van der Waals surface area contributed by atoms with Crippen LogP contribution in [0, 0.1) is 5.92 Å². The van der Waals surface area contributed by atoms with Crippen LogP contribution in [0.2, 0.25) is 5.02 Å². The Balaban J connectivity index is 1.85. The lowest BCUT2D eigenvalue weighted by molar-refractivity contribution is -0.360. The van der Waals surface area contributed by atoms with Gasteiger partial charge in [0.15, 0.2) is 5.69 Å². The molecular formula is C18H20ClN2O+. The van der Waals surface area contributed by atoms with E-state index in [1.165, 1.54) is 23.3 Å². The fourth-order valence-electron chi connectivity index (χ4n) is 4.21. The molecular weight excluding hydrogens is 296 g/mol. The summed E-state index contributed by atoms with van der Waals surface area (Å²) in [6.07, 6.45) is 6.32. The normalized spacial score (nSPS) is 23.3. The number of hydrogen-bond donors (Lipinski definition) is 2. The van der Waals surface area contributed by atoms with Gasteiger partial charge in [-0.1, -0.05) is 23.3 Å². The molecule has 0 spiro atoms. The Kier molecular flexibility index (Phi) is 3.35. The smallest absolute Gasteiger partial charge is 0.214 e. The van der Waals surface area contributed by atoms with Crippen molar-refractivity contribution in [2.24, 2.45) is 5.92 Å². The lowest BCUT2D eigenvalue weighted by Gasteiger charge is -2.33. The minimum Gasteiger partial charge on any atom is -0.398 e. The minimum absolute atomic E-state index is 0.232. The monoisotopic (exact) mass is 315 g/mol. The number of nitrogens with two attached hydrogens (primary N) is 1. The first kappa shape index (κ1) is 14.0. The van der Waals surface area contributed by atoms with E-state index in [9.17, 15) is 5.11 Å². The number of aromatic nitrogens is 1. The number of fused-ring (bicyclic) bond motifs is 5. The van der Waals surface area contributed by atoms with Crippen LogP contribution in [0.4, 0.5) is 5.69 Å². The van der Waals surface area contributed by atoms with E-state index in [1.54, 1.807) is 0 Å². The number of aliphatic hydroxyl groups is 1. The van der Waals surface area contributed by atoms with E-state index in [1.807, 2.05) is 18.2 Å². The second-order valence-electron chi connectivity index (χ2n) is 6.52. The largest absolute Gasteiger partial charge is 0.398 e. The van der Waals surface area contributed by atoms with Crippen LogP contribution in [0.15, 0.2) is 29.8 Å². The number of pyridine rings is 1. The van der Waals surface area contributed by atoms with Gasteiger partial charge in [0, 0.05) is 29.7 Å². The van der Waals surface area contributed by atoms with Gasteiger partial charge in [-0.05, 0) is 43.2 Å². The average Bonchev–Trinajstić information content (AvgIpc) is 2.46. The van der Waals surface area contributed by atoms with E-state index in [0.717, 1.165) is 40.9 Å². The number of halogens is 1. The van der Waals surface area contributed by atoms with Gasteiger partial charge >= 0.3 is 0 Å². The molecule has 114 valence electrons. The van der Waals surface area contributed by atoms with E-state index in [-0.39, 0.29) is 6.61 Å². The highest BCUT2D eigenvalue weighted by Gasteiger charge is 2.36. The number of benzene rings is 1. The Hall–Kier alpha value is -1.58. The molecule has 0 amide bonds. The first-order valence-electron chi connectivity index (χ1n) is 7.89. The molecule has 2 atom stereocenters. The summed E-state index contributed by atoms with van der Waals surface area (Å²) in [6, 6.07) is 5.85. The van der Waals surface area contributed by atoms with Crippen molar-refractivity contribution in [1.29, 1.82) is 0 Å². The van der Waals surface area contributed by atoms with Crippen molar-refractivity contribution >= 4 is 28.2 Å². The van der Waals surface area contributed by atoms with E-state index in [4.69, 9.17) is 17.3 Å². The zero-order valence-electron chi connectivity index (χ0n) is 12.4. The third kappa shape index (κ3) is 2.20. The Morgan fingerprint density at radius 3 is 3.00 bits per heavy atom. The molecule has 3 nitrogen and oxygen atoms in total. The molecule has 0 saturated heterocycles. The molecule has 4 rings (SSSR count). The van der Waals surface area contributed by atoms with Crippen molar-refractivity contribution in [3.8, 4) is 0 Å². The second kappa shape index (κ2) is 5.25. The summed E-state index contributed by atoms with van der Waals surface area (Å²) in [4.78, 5) is 3.56. The van der Waals surface area contributed by atoms with Crippen molar-refractivity contribution in [1.82, 2.24) is 0 Å². The predicted octanol–water partition coefficient (Wildman–Crippen LogP) is 3.25. The highest BCUT2D eigenvalue weighted by atomic mass is 35.5. The molecule has 2 aromatic rings. The van der Waals surface area contributed by atoms with E-state index in [0.29, 0.717) is 11.8 Å². The molecule has 22 heavy (non-hydrogen) atoms. The summed E-state index contributed by atoms with van der Waals surface area (Å²) in [6.45, 7) is 0.232. The highest BCUT2D eigenvalue weighted by Crippen LogP contribution is 2.46. The summed E-state index contributed by atoms with van der Waals surface area (Å²) in [5.74, 6) is 1.02. The molecule has 1 aromatic carbocycles. The van der Waals surface area contributed by atoms with E-state index < -0.39 is 0 Å². The van der Waals surface area contributed by atoms with Crippen LogP contribution in [-0.4, -0.2) is 11.7 Å². The molecule has 4 heteroatoms. The highest BCUT2D eigenvalue weighted by molar-refractivity contribution is 6.31. The number of nitrogens with one attached hydrogen (secondary N) is 1. The van der Waals surface area contributed by atoms with Gasteiger partial charge in [-0.15, -0.1) is 0 Å². The average molecular weight is 316 g/mol. The van der Waals surface area contributed by atoms with Crippen LogP contribution in [0.25, 0.3) is 10.9 Å². The number of hydrogen-bond acceptors (Lipinski definition) is 2. The lowest BCUT2D eigenvalue weighted by Crippen LogP contribution is -2.30. The number of allylic oxidation sites excluding steroid dienone is 1. The summed E-state index contributed by atoms with van der Waals surface area (Å²) in [7, 11) is 0. The number of anilines is 1. The third-order valence-electron chi connectivity index (χ3n) is 5.05. The molecule has 4 N–H and O–H groups in total. The summed E-state index contributed by atoms with van der Waals surface area (Å²) in [5, 5.41) is 11.0. The van der Waals surface area contributed by atoms with Gasteiger partial charge in [-0.25, -0.2) is 4.98 Å². The molecule has 0 fully saturated rings. The van der Waals surface area contributed by atoms with Gasteiger partial charge in [-0.2, -0.15) is 0 Å². The molecule has 1 heterocycles. The molecule has 2 aliphatic rings. The summed E-state index contributed by atoms with van der Waals surface area (Å²) >= 11 is 6.11. The van der Waals surface area contributed by atoms with Crippen molar-refractivity contribution in [2.75, 3.05) is 12.3 Å². The second-order valence-corrected chi connectivity index (χ2v) is 6.96. The summed E-state index contributed by atoms with van der Waals surface area (Å²) < 4.78 is 0. The first-order chi connectivity index (χ1) is 10.7. The molecule has 0 aliphatic heterocycles. The molecule has 0 radical (unpaired) electrons. The fraction of sp³-hybridized carbons (Fsp3) is 0.389. The standard InChI is InChI=1S/C18H19ClN2O/c19-13-1-2-14-15(9-13)21-16-8-11-5-10(3-4-22)6-12(7-11)17(16)18(14)20/h1-2,5,9,11-12,22H,3-4,6-8H2,(H2,20,21)/p+1/t11-,12+/m0/s1. The maximum absolute atomic E-state index is 9.21. The van der Waals surface area contributed by atoms with Gasteiger partial charge in [0.05, 0.1) is 11.1 Å². The van der Waals surface area contributed by atoms with Gasteiger partial charge in [-0.3, -0.25) is 0 Å². The van der Waals surface area contributed by atoms with Crippen LogP contribution >= 0.6 is 11.6 Å². The van der Waals surface area contributed by atoms with Gasteiger partial charge in [0.1, 0.15) is 0 Å². The topological polar surface area (TPSA) is 60.4 Å². The van der Waals surface area contributed by atoms with Gasteiger partial charge < -0.3 is 10.8 Å². The predicted molar refractivity (Wildman–Crippen MR) is 88.9 cm³/mol. The maximum atomic E-state index is 9.21. The Morgan fingerprint density at radius 2 is 2.18 bits per heavy atom. The van der Waals surface area contributed by atoms with Gasteiger partial charge in [0.2, 0.25) is 5.52 Å². The van der Waals surface area contributed by atoms with Crippen molar-refractivity contribution < 1.29 is 10.1 Å².